The van der Waals surface area contributed by atoms with Gasteiger partial charge in [0.2, 0.25) is 0 Å². The van der Waals surface area contributed by atoms with Crippen LogP contribution in [-0.4, -0.2) is 16.7 Å². The molecule has 0 bridgehead atoms. The average Bonchev–Trinajstić information content (AvgIpc) is 2.82. The summed E-state index contributed by atoms with van der Waals surface area (Å²) in [5.41, 5.74) is 0. The van der Waals surface area contributed by atoms with Crippen LogP contribution in [0.2, 0.25) is 5.02 Å². The van der Waals surface area contributed by atoms with E-state index in [4.69, 9.17) is 16.3 Å². The van der Waals surface area contributed by atoms with Crippen LogP contribution >= 0.6 is 22.9 Å². The van der Waals surface area contributed by atoms with E-state index in [-0.39, 0.29) is 5.02 Å². The number of hydrogen-bond donors (Lipinski definition) is 1. The maximum absolute atomic E-state index is 13.0. The van der Waals surface area contributed by atoms with E-state index in [9.17, 15) is 4.39 Å². The Morgan fingerprint density at radius 3 is 3.00 bits per heavy atom. The molecule has 102 valence electrons. The fourth-order valence-electron chi connectivity index (χ4n) is 1.36. The van der Waals surface area contributed by atoms with Crippen LogP contribution in [0.5, 0.6) is 10.9 Å². The maximum Gasteiger partial charge on any atom is 0.299 e. The topological polar surface area (TPSA) is 47.0 Å². The maximum atomic E-state index is 13.0. The largest absolute Gasteiger partial charge is 0.430 e. The van der Waals surface area contributed by atoms with Crippen LogP contribution in [-0.2, 0) is 6.54 Å². The van der Waals surface area contributed by atoms with Crippen molar-refractivity contribution >= 4 is 22.9 Å². The van der Waals surface area contributed by atoms with Crippen LogP contribution in [0.4, 0.5) is 4.39 Å². The predicted molar refractivity (Wildman–Crippen MR) is 73.4 cm³/mol. The molecule has 1 aromatic carbocycles. The summed E-state index contributed by atoms with van der Waals surface area (Å²) in [7, 11) is 0. The molecule has 0 saturated heterocycles. The Kier molecular flexibility index (Phi) is 5.07. The first kappa shape index (κ1) is 14.2. The van der Waals surface area contributed by atoms with E-state index < -0.39 is 5.82 Å². The molecule has 0 saturated carbocycles. The highest BCUT2D eigenvalue weighted by molar-refractivity contribution is 7.13. The third-order valence-electron chi connectivity index (χ3n) is 2.25. The molecule has 4 nitrogen and oxygen atoms in total. The lowest BCUT2D eigenvalue weighted by Gasteiger charge is -2.01. The number of halogens is 2. The number of nitrogens with one attached hydrogen (secondary N) is 1. The van der Waals surface area contributed by atoms with Crippen LogP contribution < -0.4 is 10.1 Å². The fraction of sp³-hybridized carbons (Fsp3) is 0.333. The van der Waals surface area contributed by atoms with Gasteiger partial charge < -0.3 is 10.1 Å². The van der Waals surface area contributed by atoms with Crippen molar-refractivity contribution in [3.05, 3.63) is 34.0 Å². The molecule has 1 N–H and O–H groups in total. The molecular weight excluding hydrogens is 289 g/mol. The second-order valence-electron chi connectivity index (χ2n) is 3.82. The van der Waals surface area contributed by atoms with Crippen molar-refractivity contribution in [3.63, 3.8) is 0 Å². The minimum atomic E-state index is -0.476. The Balaban J connectivity index is 1.97. The van der Waals surface area contributed by atoms with Gasteiger partial charge in [-0.1, -0.05) is 35.0 Å². The van der Waals surface area contributed by atoms with Gasteiger partial charge in [0.25, 0.3) is 5.19 Å². The quantitative estimate of drug-likeness (QED) is 0.828. The second-order valence-corrected chi connectivity index (χ2v) is 5.25. The summed E-state index contributed by atoms with van der Waals surface area (Å²) >= 11 is 7.02. The van der Waals surface area contributed by atoms with E-state index in [1.807, 2.05) is 0 Å². The third kappa shape index (κ3) is 4.12. The minimum absolute atomic E-state index is 0.0202. The number of hydrogen-bond acceptors (Lipinski definition) is 5. The Hall–Kier alpha value is -1.24. The van der Waals surface area contributed by atoms with Gasteiger partial charge in [-0.25, -0.2) is 4.39 Å². The van der Waals surface area contributed by atoms with Gasteiger partial charge in [0.05, 0.1) is 5.02 Å². The molecule has 2 rings (SSSR count). The summed E-state index contributed by atoms with van der Waals surface area (Å²) in [6.45, 7) is 3.70. The summed E-state index contributed by atoms with van der Waals surface area (Å²) in [5.74, 6) is -0.0358. The van der Waals surface area contributed by atoms with E-state index in [1.54, 1.807) is 0 Å². The van der Waals surface area contributed by atoms with E-state index >= 15 is 0 Å². The molecule has 2 aromatic rings. The molecule has 1 heterocycles. The molecule has 0 spiro atoms. The van der Waals surface area contributed by atoms with Crippen molar-refractivity contribution in [1.29, 1.82) is 0 Å². The van der Waals surface area contributed by atoms with Crippen molar-refractivity contribution in [2.45, 2.75) is 19.9 Å². The van der Waals surface area contributed by atoms with Crippen molar-refractivity contribution in [2.75, 3.05) is 6.54 Å². The smallest absolute Gasteiger partial charge is 0.299 e. The first-order valence-corrected chi connectivity index (χ1v) is 7.04. The number of rotatable bonds is 6. The molecule has 0 aliphatic rings. The van der Waals surface area contributed by atoms with E-state index in [2.05, 4.69) is 22.4 Å². The molecule has 7 heteroatoms. The van der Waals surface area contributed by atoms with Crippen molar-refractivity contribution < 1.29 is 9.13 Å². The average molecular weight is 302 g/mol. The lowest BCUT2D eigenvalue weighted by molar-refractivity contribution is 0.471. The van der Waals surface area contributed by atoms with Crippen LogP contribution in [0.3, 0.4) is 0 Å². The van der Waals surface area contributed by atoms with Crippen molar-refractivity contribution in [3.8, 4) is 10.9 Å². The van der Waals surface area contributed by atoms with E-state index in [0.29, 0.717) is 17.5 Å². The van der Waals surface area contributed by atoms with Gasteiger partial charge in [-0.2, -0.15) is 0 Å². The van der Waals surface area contributed by atoms with Crippen LogP contribution in [0, 0.1) is 5.82 Å². The van der Waals surface area contributed by atoms with Gasteiger partial charge in [0.15, 0.2) is 0 Å². The summed E-state index contributed by atoms with van der Waals surface area (Å²) < 4.78 is 18.5. The molecule has 0 aliphatic carbocycles. The molecule has 0 radical (unpaired) electrons. The molecule has 0 amide bonds. The lowest BCUT2D eigenvalue weighted by Crippen LogP contribution is -2.13. The van der Waals surface area contributed by atoms with Crippen molar-refractivity contribution in [1.82, 2.24) is 15.5 Å². The zero-order chi connectivity index (χ0) is 13.7. The molecule has 0 fully saturated rings. The summed E-state index contributed by atoms with van der Waals surface area (Å²) in [5, 5.41) is 12.4. The fourth-order valence-corrected chi connectivity index (χ4v) is 2.21. The number of benzene rings is 1. The number of ether oxygens (including phenoxy) is 1. The van der Waals surface area contributed by atoms with Gasteiger partial charge in [0, 0.05) is 12.6 Å². The third-order valence-corrected chi connectivity index (χ3v) is 3.34. The zero-order valence-electron chi connectivity index (χ0n) is 10.3. The molecule has 1 aromatic heterocycles. The number of aromatic nitrogens is 2. The minimum Gasteiger partial charge on any atom is -0.430 e. The monoisotopic (exact) mass is 301 g/mol. The first-order chi connectivity index (χ1) is 9.19. The predicted octanol–water partition coefficient (Wildman–Crippen LogP) is 3.62. The van der Waals surface area contributed by atoms with E-state index in [0.717, 1.165) is 18.0 Å². The standard InChI is InChI=1S/C12H13ClFN3OS/c1-2-5-15-7-11-16-17-12(19-11)18-8-3-4-10(14)9(13)6-8/h3-4,6,15H,2,5,7H2,1H3. The molecule has 19 heavy (non-hydrogen) atoms. The van der Waals surface area contributed by atoms with Gasteiger partial charge >= 0.3 is 0 Å². The molecule has 0 unspecified atom stereocenters. The highest BCUT2D eigenvalue weighted by atomic mass is 35.5. The Morgan fingerprint density at radius 2 is 2.26 bits per heavy atom. The highest BCUT2D eigenvalue weighted by Crippen LogP contribution is 2.28. The van der Waals surface area contributed by atoms with Gasteiger partial charge in [-0.15, -0.1) is 5.10 Å². The van der Waals surface area contributed by atoms with Crippen molar-refractivity contribution in [2.24, 2.45) is 0 Å². The van der Waals surface area contributed by atoms with Gasteiger partial charge in [-0.05, 0) is 25.1 Å². The zero-order valence-corrected chi connectivity index (χ0v) is 11.9. The van der Waals surface area contributed by atoms with Crippen LogP contribution in [0.15, 0.2) is 18.2 Å². The summed E-state index contributed by atoms with van der Waals surface area (Å²) in [6.07, 6.45) is 1.07. The van der Waals surface area contributed by atoms with Gasteiger partial charge in [0.1, 0.15) is 16.6 Å². The molecular formula is C12H13ClFN3OS. The van der Waals surface area contributed by atoms with E-state index in [1.165, 1.54) is 29.5 Å². The summed E-state index contributed by atoms with van der Waals surface area (Å²) in [6, 6.07) is 4.16. The second kappa shape index (κ2) is 6.79. The summed E-state index contributed by atoms with van der Waals surface area (Å²) in [4.78, 5) is 0. The lowest BCUT2D eigenvalue weighted by atomic mass is 10.3. The molecule has 0 aliphatic heterocycles. The Morgan fingerprint density at radius 1 is 1.42 bits per heavy atom. The highest BCUT2D eigenvalue weighted by Gasteiger charge is 2.07. The number of nitrogens with zero attached hydrogens (tertiary/aromatic N) is 2. The molecule has 0 atom stereocenters. The van der Waals surface area contributed by atoms with Crippen LogP contribution in [0.25, 0.3) is 0 Å². The van der Waals surface area contributed by atoms with Gasteiger partial charge in [-0.3, -0.25) is 0 Å². The first-order valence-electron chi connectivity index (χ1n) is 5.85. The SMILES string of the molecule is CCCNCc1nnc(Oc2ccc(F)c(Cl)c2)s1. The normalized spacial score (nSPS) is 10.7. The Labute approximate surface area is 119 Å². The Bertz CT molecular complexity index is 550. The van der Waals surface area contributed by atoms with Crippen LogP contribution in [0.1, 0.15) is 18.4 Å².